The number of esters is 1. The van der Waals surface area contributed by atoms with Crippen LogP contribution in [0.15, 0.2) is 24.5 Å². The number of carbonyl (C=O) groups excluding carboxylic acids is 1. The molecule has 2 aromatic rings. The van der Waals surface area contributed by atoms with Crippen molar-refractivity contribution in [1.82, 2.24) is 14.7 Å². The van der Waals surface area contributed by atoms with Gasteiger partial charge in [0.05, 0.1) is 19.0 Å². The number of rotatable bonds is 5. The van der Waals surface area contributed by atoms with Gasteiger partial charge in [-0.15, -0.1) is 0 Å². The van der Waals surface area contributed by atoms with Crippen molar-refractivity contribution in [2.24, 2.45) is 5.92 Å². The predicted octanol–water partition coefficient (Wildman–Crippen LogP) is 1.93. The summed E-state index contributed by atoms with van der Waals surface area (Å²) in [5, 5.41) is 3.25. The number of aromatic nitrogens is 2. The van der Waals surface area contributed by atoms with E-state index >= 15 is 0 Å². The van der Waals surface area contributed by atoms with Gasteiger partial charge < -0.3 is 9.14 Å². The number of fused-ring (bicyclic) bond motifs is 1. The van der Waals surface area contributed by atoms with Gasteiger partial charge in [0.2, 0.25) is 0 Å². The van der Waals surface area contributed by atoms with Crippen LogP contribution in [0.1, 0.15) is 25.1 Å². The van der Waals surface area contributed by atoms with Crippen molar-refractivity contribution in [3.63, 3.8) is 0 Å². The Labute approximate surface area is 119 Å². The number of hydrogen-bond acceptors (Lipinski definition) is 4. The molecule has 5 nitrogen and oxygen atoms in total. The van der Waals surface area contributed by atoms with Gasteiger partial charge in [0.15, 0.2) is 0 Å². The number of hydrogen-bond donors (Lipinski definition) is 1. The maximum atomic E-state index is 11.7. The first-order valence-electron chi connectivity index (χ1n) is 6.77. The van der Waals surface area contributed by atoms with Gasteiger partial charge in [-0.1, -0.05) is 19.9 Å². The van der Waals surface area contributed by atoms with Crippen LogP contribution in [-0.4, -0.2) is 28.5 Å². The summed E-state index contributed by atoms with van der Waals surface area (Å²) in [6, 6.07) is 3.72. The Morgan fingerprint density at radius 1 is 1.50 bits per heavy atom. The minimum Gasteiger partial charge on any atom is -0.468 e. The van der Waals surface area contributed by atoms with Gasteiger partial charge in [-0.25, -0.2) is 4.98 Å². The molecule has 2 heterocycles. The third-order valence-electron chi connectivity index (χ3n) is 3.43. The van der Waals surface area contributed by atoms with Crippen molar-refractivity contribution in [2.45, 2.75) is 33.4 Å². The molecule has 0 radical (unpaired) electrons. The highest BCUT2D eigenvalue weighted by Crippen LogP contribution is 2.12. The second kappa shape index (κ2) is 6.05. The summed E-state index contributed by atoms with van der Waals surface area (Å²) in [6.45, 7) is 6.59. The van der Waals surface area contributed by atoms with E-state index in [9.17, 15) is 4.79 Å². The molecule has 108 valence electrons. The Bertz CT molecular complexity index is 604. The maximum Gasteiger partial charge on any atom is 0.323 e. The molecule has 0 aliphatic carbocycles. The number of aryl methyl sites for hydroxylation is 1. The first-order valence-corrected chi connectivity index (χ1v) is 6.77. The van der Waals surface area contributed by atoms with Crippen molar-refractivity contribution in [3.8, 4) is 0 Å². The van der Waals surface area contributed by atoms with Crippen LogP contribution in [0.3, 0.4) is 0 Å². The zero-order chi connectivity index (χ0) is 14.7. The second-order valence-electron chi connectivity index (χ2n) is 5.26. The molecule has 1 atom stereocenters. The van der Waals surface area contributed by atoms with Crippen LogP contribution in [0.25, 0.3) is 5.65 Å². The highest BCUT2D eigenvalue weighted by Gasteiger charge is 2.22. The monoisotopic (exact) mass is 275 g/mol. The molecule has 1 N–H and O–H groups in total. The van der Waals surface area contributed by atoms with Gasteiger partial charge in [-0.05, 0) is 24.5 Å². The first-order chi connectivity index (χ1) is 9.54. The molecule has 20 heavy (non-hydrogen) atoms. The van der Waals surface area contributed by atoms with Crippen LogP contribution < -0.4 is 5.32 Å². The fraction of sp³-hybridized carbons (Fsp3) is 0.467. The molecule has 0 spiro atoms. The van der Waals surface area contributed by atoms with Gasteiger partial charge in [0.25, 0.3) is 0 Å². The predicted molar refractivity (Wildman–Crippen MR) is 77.4 cm³/mol. The molecule has 0 aliphatic rings. The lowest BCUT2D eigenvalue weighted by atomic mass is 10.0. The summed E-state index contributed by atoms with van der Waals surface area (Å²) in [4.78, 5) is 16.1. The Morgan fingerprint density at radius 2 is 2.25 bits per heavy atom. The number of nitrogens with one attached hydrogen (secondary N) is 1. The molecule has 2 rings (SSSR count). The Kier molecular flexibility index (Phi) is 4.39. The molecular weight excluding hydrogens is 254 g/mol. The van der Waals surface area contributed by atoms with Crippen LogP contribution in [0.5, 0.6) is 0 Å². The van der Waals surface area contributed by atoms with Crippen molar-refractivity contribution < 1.29 is 9.53 Å². The molecule has 2 aromatic heterocycles. The lowest BCUT2D eigenvalue weighted by Gasteiger charge is -2.19. The molecule has 0 saturated carbocycles. The number of nitrogens with zero attached hydrogens (tertiary/aromatic N) is 2. The summed E-state index contributed by atoms with van der Waals surface area (Å²) in [7, 11) is 1.41. The lowest BCUT2D eigenvalue weighted by Crippen LogP contribution is -2.41. The Hall–Kier alpha value is -1.88. The normalized spacial score (nSPS) is 12.8. The average Bonchev–Trinajstić information content (AvgIpc) is 2.83. The molecule has 0 unspecified atom stereocenters. The van der Waals surface area contributed by atoms with E-state index in [-0.39, 0.29) is 17.9 Å². The van der Waals surface area contributed by atoms with E-state index in [0.29, 0.717) is 6.54 Å². The summed E-state index contributed by atoms with van der Waals surface area (Å²) in [5.74, 6) is -0.0617. The number of carbonyl (C=O) groups is 1. The minimum atomic E-state index is -0.310. The van der Waals surface area contributed by atoms with E-state index < -0.39 is 0 Å². The summed E-state index contributed by atoms with van der Waals surface area (Å²) in [6.07, 6.45) is 3.82. The van der Waals surface area contributed by atoms with Gasteiger partial charge in [0.1, 0.15) is 11.7 Å². The number of imidazole rings is 1. The lowest BCUT2D eigenvalue weighted by molar-refractivity contribution is -0.144. The van der Waals surface area contributed by atoms with Crippen LogP contribution in [0, 0.1) is 12.8 Å². The SMILES string of the molecule is COC(=O)[C@H](NCc1cnc2c(C)cccn12)C(C)C. The highest BCUT2D eigenvalue weighted by molar-refractivity contribution is 5.75. The van der Waals surface area contributed by atoms with Crippen LogP contribution >= 0.6 is 0 Å². The van der Waals surface area contributed by atoms with Crippen LogP contribution in [0.4, 0.5) is 0 Å². The topological polar surface area (TPSA) is 55.6 Å². The van der Waals surface area contributed by atoms with Gasteiger partial charge in [0, 0.05) is 12.7 Å². The largest absolute Gasteiger partial charge is 0.468 e. The van der Waals surface area contributed by atoms with Crippen molar-refractivity contribution in [1.29, 1.82) is 0 Å². The Balaban J connectivity index is 2.16. The third-order valence-corrected chi connectivity index (χ3v) is 3.43. The quantitative estimate of drug-likeness (QED) is 0.847. The molecule has 0 aliphatic heterocycles. The number of ether oxygens (including phenoxy) is 1. The van der Waals surface area contributed by atoms with Crippen LogP contribution in [0.2, 0.25) is 0 Å². The van der Waals surface area contributed by atoms with Gasteiger partial charge >= 0.3 is 5.97 Å². The Morgan fingerprint density at radius 3 is 2.90 bits per heavy atom. The van der Waals surface area contributed by atoms with E-state index in [1.165, 1.54) is 7.11 Å². The zero-order valence-corrected chi connectivity index (χ0v) is 12.4. The summed E-state index contributed by atoms with van der Waals surface area (Å²) >= 11 is 0. The maximum absolute atomic E-state index is 11.7. The molecule has 0 saturated heterocycles. The van der Waals surface area contributed by atoms with Gasteiger partial charge in [-0.2, -0.15) is 0 Å². The fourth-order valence-electron chi connectivity index (χ4n) is 2.27. The molecular formula is C15H21N3O2. The number of methoxy groups -OCH3 is 1. The zero-order valence-electron chi connectivity index (χ0n) is 12.4. The van der Waals surface area contributed by atoms with Crippen LogP contribution in [-0.2, 0) is 16.1 Å². The van der Waals surface area contributed by atoms with E-state index in [4.69, 9.17) is 4.74 Å². The third kappa shape index (κ3) is 2.82. The van der Waals surface area contributed by atoms with Crippen molar-refractivity contribution in [2.75, 3.05) is 7.11 Å². The van der Waals surface area contributed by atoms with E-state index in [2.05, 4.69) is 10.3 Å². The van der Waals surface area contributed by atoms with Gasteiger partial charge in [-0.3, -0.25) is 10.1 Å². The second-order valence-corrected chi connectivity index (χ2v) is 5.26. The van der Waals surface area contributed by atoms with E-state index in [1.54, 1.807) is 0 Å². The van der Waals surface area contributed by atoms with E-state index in [1.807, 2.05) is 49.7 Å². The van der Waals surface area contributed by atoms with Crippen molar-refractivity contribution >= 4 is 11.6 Å². The smallest absolute Gasteiger partial charge is 0.323 e. The van der Waals surface area contributed by atoms with Crippen molar-refractivity contribution in [3.05, 3.63) is 35.8 Å². The molecule has 0 amide bonds. The standard InChI is InChI=1S/C15H21N3O2/c1-10(2)13(15(19)20-4)16-8-12-9-17-14-11(3)6-5-7-18(12)14/h5-7,9-10,13,16H,8H2,1-4H3/t13-/m1/s1. The molecule has 5 heteroatoms. The fourth-order valence-corrected chi connectivity index (χ4v) is 2.27. The minimum absolute atomic E-state index is 0.170. The summed E-state index contributed by atoms with van der Waals surface area (Å²) < 4.78 is 6.86. The molecule has 0 bridgehead atoms. The summed E-state index contributed by atoms with van der Waals surface area (Å²) in [5.41, 5.74) is 3.11. The molecule has 0 fully saturated rings. The first kappa shape index (κ1) is 14.5. The number of pyridine rings is 1. The van der Waals surface area contributed by atoms with E-state index in [0.717, 1.165) is 16.9 Å². The molecule has 0 aromatic carbocycles. The average molecular weight is 275 g/mol. The highest BCUT2D eigenvalue weighted by atomic mass is 16.5.